The highest BCUT2D eigenvalue weighted by Crippen LogP contribution is 2.17. The van der Waals surface area contributed by atoms with Gasteiger partial charge in [0.1, 0.15) is 0 Å². The molecule has 1 saturated heterocycles. The molecule has 1 aliphatic rings. The number of hydrogen-bond donors (Lipinski definition) is 0. The van der Waals surface area contributed by atoms with Crippen LogP contribution in [0.1, 0.15) is 24.2 Å². The lowest BCUT2D eigenvalue weighted by molar-refractivity contribution is 0.774. The molecule has 0 N–H and O–H groups in total. The van der Waals surface area contributed by atoms with Crippen LogP contribution in [-0.4, -0.2) is 33.1 Å². The van der Waals surface area contributed by atoms with E-state index in [4.69, 9.17) is 0 Å². The summed E-state index contributed by atoms with van der Waals surface area (Å²) in [6.45, 7) is 6.19. The Balaban J connectivity index is 1.88. The largest absolute Gasteiger partial charge is 0.355 e. The zero-order valence-corrected chi connectivity index (χ0v) is 10.8. The SMILES string of the molecule is Cc1cc(C)n(-c2ccc(N3CCCC3)nn2)n1. The molecule has 5 nitrogen and oxygen atoms in total. The van der Waals surface area contributed by atoms with Gasteiger partial charge in [0.15, 0.2) is 11.6 Å². The van der Waals surface area contributed by atoms with Crippen LogP contribution in [0.15, 0.2) is 18.2 Å². The van der Waals surface area contributed by atoms with Gasteiger partial charge in [-0.3, -0.25) is 0 Å². The molecule has 0 bridgehead atoms. The van der Waals surface area contributed by atoms with Crippen molar-refractivity contribution in [1.82, 2.24) is 20.0 Å². The second kappa shape index (κ2) is 4.40. The Morgan fingerprint density at radius 3 is 2.22 bits per heavy atom. The molecule has 1 aliphatic heterocycles. The van der Waals surface area contributed by atoms with Crippen LogP contribution in [0.5, 0.6) is 0 Å². The summed E-state index contributed by atoms with van der Waals surface area (Å²) in [4.78, 5) is 2.28. The first kappa shape index (κ1) is 11.2. The summed E-state index contributed by atoms with van der Waals surface area (Å²) in [5, 5.41) is 13.0. The van der Waals surface area contributed by atoms with E-state index in [0.29, 0.717) is 0 Å². The number of anilines is 1. The Hall–Kier alpha value is -1.91. The van der Waals surface area contributed by atoms with E-state index in [9.17, 15) is 0 Å². The molecular formula is C13H17N5. The van der Waals surface area contributed by atoms with Crippen molar-refractivity contribution >= 4 is 5.82 Å². The molecule has 0 radical (unpaired) electrons. The molecule has 0 spiro atoms. The van der Waals surface area contributed by atoms with Crippen molar-refractivity contribution in [3.05, 3.63) is 29.6 Å². The summed E-state index contributed by atoms with van der Waals surface area (Å²) in [6.07, 6.45) is 2.50. The van der Waals surface area contributed by atoms with E-state index in [0.717, 1.165) is 36.1 Å². The fraction of sp³-hybridized carbons (Fsp3) is 0.462. The Morgan fingerprint density at radius 2 is 1.67 bits per heavy atom. The van der Waals surface area contributed by atoms with Gasteiger partial charge in [-0.1, -0.05) is 0 Å². The minimum atomic E-state index is 0.781. The molecule has 1 fully saturated rings. The Kier molecular flexibility index (Phi) is 2.74. The lowest BCUT2D eigenvalue weighted by Gasteiger charge is -2.15. The molecule has 94 valence electrons. The first-order chi connectivity index (χ1) is 8.74. The van der Waals surface area contributed by atoms with Crippen molar-refractivity contribution in [2.45, 2.75) is 26.7 Å². The van der Waals surface area contributed by atoms with Gasteiger partial charge < -0.3 is 4.90 Å². The van der Waals surface area contributed by atoms with E-state index in [1.807, 2.05) is 36.7 Å². The maximum atomic E-state index is 4.41. The monoisotopic (exact) mass is 243 g/mol. The standard InChI is InChI=1S/C13H17N5/c1-10-9-11(2)18(16-10)13-6-5-12(14-15-13)17-7-3-4-8-17/h5-6,9H,3-4,7-8H2,1-2H3. The number of aromatic nitrogens is 4. The number of aryl methyl sites for hydroxylation is 2. The van der Waals surface area contributed by atoms with Crippen LogP contribution in [0.2, 0.25) is 0 Å². The van der Waals surface area contributed by atoms with Crippen LogP contribution in [0, 0.1) is 13.8 Å². The summed E-state index contributed by atoms with van der Waals surface area (Å²) in [5.41, 5.74) is 2.08. The van der Waals surface area contributed by atoms with Gasteiger partial charge in [0, 0.05) is 18.8 Å². The molecule has 2 aromatic rings. The van der Waals surface area contributed by atoms with Crippen LogP contribution in [-0.2, 0) is 0 Å². The second-order valence-corrected chi connectivity index (χ2v) is 4.78. The van der Waals surface area contributed by atoms with E-state index in [2.05, 4.69) is 20.2 Å². The normalized spacial score (nSPS) is 15.3. The maximum absolute atomic E-state index is 4.41. The van der Waals surface area contributed by atoms with Crippen LogP contribution < -0.4 is 4.90 Å². The quantitative estimate of drug-likeness (QED) is 0.808. The van der Waals surface area contributed by atoms with Gasteiger partial charge in [0.05, 0.1) is 5.69 Å². The van der Waals surface area contributed by atoms with Gasteiger partial charge in [0.25, 0.3) is 0 Å². The molecule has 0 aromatic carbocycles. The van der Waals surface area contributed by atoms with E-state index in [1.54, 1.807) is 0 Å². The second-order valence-electron chi connectivity index (χ2n) is 4.78. The van der Waals surface area contributed by atoms with Gasteiger partial charge >= 0.3 is 0 Å². The van der Waals surface area contributed by atoms with Gasteiger partial charge in [-0.15, -0.1) is 10.2 Å². The van der Waals surface area contributed by atoms with Gasteiger partial charge in [0.2, 0.25) is 0 Å². The van der Waals surface area contributed by atoms with Crippen molar-refractivity contribution in [2.24, 2.45) is 0 Å². The predicted octanol–water partition coefficient (Wildman–Crippen LogP) is 1.88. The first-order valence-electron chi connectivity index (χ1n) is 6.36. The minimum Gasteiger partial charge on any atom is -0.355 e. The van der Waals surface area contributed by atoms with Crippen molar-refractivity contribution in [1.29, 1.82) is 0 Å². The average molecular weight is 243 g/mol. The summed E-state index contributed by atoms with van der Waals surface area (Å²) >= 11 is 0. The van der Waals surface area contributed by atoms with Crippen molar-refractivity contribution in [3.8, 4) is 5.82 Å². The molecule has 0 saturated carbocycles. The third-order valence-corrected chi connectivity index (χ3v) is 3.29. The molecule has 5 heteroatoms. The Morgan fingerprint density at radius 1 is 1.00 bits per heavy atom. The summed E-state index contributed by atoms with van der Waals surface area (Å²) in [7, 11) is 0. The van der Waals surface area contributed by atoms with Gasteiger partial charge in [-0.05, 0) is 44.9 Å². The van der Waals surface area contributed by atoms with E-state index in [-0.39, 0.29) is 0 Å². The third-order valence-electron chi connectivity index (χ3n) is 3.29. The lowest BCUT2D eigenvalue weighted by Crippen LogP contribution is -2.19. The molecular weight excluding hydrogens is 226 g/mol. The molecule has 18 heavy (non-hydrogen) atoms. The molecule has 0 atom stereocenters. The fourth-order valence-corrected chi connectivity index (χ4v) is 2.41. The van der Waals surface area contributed by atoms with Crippen molar-refractivity contribution in [3.63, 3.8) is 0 Å². The van der Waals surface area contributed by atoms with Crippen molar-refractivity contribution in [2.75, 3.05) is 18.0 Å². The van der Waals surface area contributed by atoms with Crippen LogP contribution in [0.4, 0.5) is 5.82 Å². The lowest BCUT2D eigenvalue weighted by atomic mass is 10.4. The molecule has 3 heterocycles. The van der Waals surface area contributed by atoms with Crippen LogP contribution >= 0.6 is 0 Å². The highest BCUT2D eigenvalue weighted by molar-refractivity contribution is 5.40. The molecule has 0 aliphatic carbocycles. The molecule has 3 rings (SSSR count). The summed E-state index contributed by atoms with van der Waals surface area (Å²) < 4.78 is 1.83. The minimum absolute atomic E-state index is 0.781. The molecule has 0 amide bonds. The van der Waals surface area contributed by atoms with E-state index >= 15 is 0 Å². The molecule has 2 aromatic heterocycles. The number of hydrogen-bond acceptors (Lipinski definition) is 4. The Labute approximate surface area is 106 Å². The van der Waals surface area contributed by atoms with Gasteiger partial charge in [-0.2, -0.15) is 5.10 Å². The zero-order chi connectivity index (χ0) is 12.5. The molecule has 0 unspecified atom stereocenters. The smallest absolute Gasteiger partial charge is 0.176 e. The number of nitrogens with zero attached hydrogens (tertiary/aromatic N) is 5. The highest BCUT2D eigenvalue weighted by atomic mass is 15.4. The maximum Gasteiger partial charge on any atom is 0.176 e. The highest BCUT2D eigenvalue weighted by Gasteiger charge is 2.14. The van der Waals surface area contributed by atoms with Crippen LogP contribution in [0.3, 0.4) is 0 Å². The average Bonchev–Trinajstić information content (AvgIpc) is 2.99. The fourth-order valence-electron chi connectivity index (χ4n) is 2.41. The van der Waals surface area contributed by atoms with Gasteiger partial charge in [-0.25, -0.2) is 4.68 Å². The zero-order valence-electron chi connectivity index (χ0n) is 10.8. The van der Waals surface area contributed by atoms with E-state index < -0.39 is 0 Å². The summed E-state index contributed by atoms with van der Waals surface area (Å²) in [6, 6.07) is 6.06. The number of rotatable bonds is 2. The topological polar surface area (TPSA) is 46.8 Å². The first-order valence-corrected chi connectivity index (χ1v) is 6.36. The van der Waals surface area contributed by atoms with E-state index in [1.165, 1.54) is 12.8 Å². The van der Waals surface area contributed by atoms with Crippen molar-refractivity contribution < 1.29 is 0 Å². The Bertz CT molecular complexity index is 537. The summed E-state index contributed by atoms with van der Waals surface area (Å²) in [5.74, 6) is 1.75. The third kappa shape index (κ3) is 1.96. The predicted molar refractivity (Wildman–Crippen MR) is 70.1 cm³/mol. The van der Waals surface area contributed by atoms with Crippen LogP contribution in [0.25, 0.3) is 5.82 Å².